The van der Waals surface area contributed by atoms with Gasteiger partial charge in [0.25, 0.3) is 11.8 Å². The number of imide groups is 1. The summed E-state index contributed by atoms with van der Waals surface area (Å²) in [4.78, 5) is 163. The molecule has 1 aromatic carbocycles. The van der Waals surface area contributed by atoms with Crippen LogP contribution in [0.25, 0.3) is 0 Å². The van der Waals surface area contributed by atoms with E-state index in [2.05, 4.69) is 59.4 Å². The van der Waals surface area contributed by atoms with Crippen LogP contribution in [0.4, 0.5) is 0 Å². The van der Waals surface area contributed by atoms with Crippen LogP contribution in [-0.4, -0.2) is 227 Å². The monoisotopic (exact) mass is 1360 g/mol. The summed E-state index contributed by atoms with van der Waals surface area (Å²) in [7, 11) is 1.17. The van der Waals surface area contributed by atoms with E-state index < -0.39 is 213 Å². The Balaban J connectivity index is 1.84. The number of likely N-dealkylation sites (N-methyl/N-ethyl adjacent to an activating group) is 1. The van der Waals surface area contributed by atoms with Crippen molar-refractivity contribution in [3.05, 3.63) is 71.6 Å². The van der Waals surface area contributed by atoms with E-state index >= 15 is 0 Å². The van der Waals surface area contributed by atoms with Crippen molar-refractivity contribution in [2.75, 3.05) is 20.2 Å². The van der Waals surface area contributed by atoms with Crippen molar-refractivity contribution in [1.82, 2.24) is 57.4 Å². The Bertz CT molecular complexity index is 2980. The zero-order chi connectivity index (χ0) is 71.3. The first kappa shape index (κ1) is 80.2. The number of benzene rings is 1. The molecule has 3 unspecified atom stereocenters. The van der Waals surface area contributed by atoms with Gasteiger partial charge in [0.05, 0.1) is 37.9 Å². The van der Waals surface area contributed by atoms with Crippen molar-refractivity contribution in [2.45, 2.75) is 229 Å². The molecule has 0 radical (unpaired) electrons. The van der Waals surface area contributed by atoms with Gasteiger partial charge in [-0.05, 0) is 72.2 Å². The van der Waals surface area contributed by atoms with E-state index in [4.69, 9.17) is 19.9 Å². The second-order valence-corrected chi connectivity index (χ2v) is 23.8. The zero-order valence-corrected chi connectivity index (χ0v) is 55.1. The number of nitrogens with zero attached hydrogens (tertiary/aromatic N) is 2. The molecule has 33 nitrogen and oxygen atoms in total. The molecule has 2 aromatic rings. The standard InChI is InChI=1S/C63H96N12O21/c1-8-11-12-13-14-15-16-17-18-19-38(79)29-47(81)67-39(9-2)56(87)74-50-34(5)94-62(93)43(30-46-65-26-27-66-46)71-61(92)51(35(6)95-63-54(85)53(84)52(83)44(32-76)96-63)75(7)31-48(82)72-57(88)41(24-25-45(64)80)69-55(86)40(10-3)68-58(89)42(28-36-20-22-37(78)23-21-36)70-59(90)49(33(4)77)73-60(50)91/h9-10,20-23,26-27,33-35,38,41-44,49-54,63,76-79,83-85H,8,11-19,24-25,28-32H2,1-7H3,(H2,64,80)(H,65,66)(H,67,81)(H,68,89)(H,69,86)(H,70,90)(H,71,92)(H,73,91)(H,74,87)(H,72,82,88)/b39-9+,40-10+/t33-,34+,35-,38+,41+,42+,43-,44+,49?,50?,51?,52+,53-,54+,63-/m0/s1. The number of phenols is 1. The molecule has 10 amide bonds. The largest absolute Gasteiger partial charge is 0.508 e. The average Bonchev–Trinajstić information content (AvgIpc) is 0.858. The number of hydrogen-bond donors (Lipinski definition) is 17. The minimum Gasteiger partial charge on any atom is -0.508 e. The highest BCUT2D eigenvalue weighted by Crippen LogP contribution is 2.25. The van der Waals surface area contributed by atoms with Crippen molar-refractivity contribution in [2.24, 2.45) is 5.73 Å². The molecule has 2 saturated heterocycles. The number of aliphatic hydroxyl groups excluding tert-OH is 6. The van der Waals surface area contributed by atoms with Gasteiger partial charge in [0, 0.05) is 31.7 Å². The number of carbonyl (C=O) groups is 11. The Morgan fingerprint density at radius 2 is 1.44 bits per heavy atom. The molecule has 2 aliphatic heterocycles. The molecule has 1 aromatic heterocycles. The van der Waals surface area contributed by atoms with Crippen LogP contribution in [0.3, 0.4) is 0 Å². The maximum atomic E-state index is 15.0. The third kappa shape index (κ3) is 25.7. The molecule has 0 saturated carbocycles. The normalized spacial score (nSPS) is 26.6. The second kappa shape index (κ2) is 40.3. The Hall–Kier alpha value is -8.28. The Morgan fingerprint density at radius 3 is 2.03 bits per heavy atom. The van der Waals surface area contributed by atoms with Crippen LogP contribution in [0.2, 0.25) is 0 Å². The third-order valence-corrected chi connectivity index (χ3v) is 16.0. The molecule has 3 heterocycles. The van der Waals surface area contributed by atoms with E-state index in [0.717, 1.165) is 63.3 Å². The number of rotatable bonds is 27. The molecule has 2 fully saturated rings. The molecule has 18 N–H and O–H groups in total. The third-order valence-electron chi connectivity index (χ3n) is 16.0. The van der Waals surface area contributed by atoms with Crippen LogP contribution in [0, 0.1) is 0 Å². The molecular formula is C63H96N12O21. The van der Waals surface area contributed by atoms with Crippen LogP contribution in [0.5, 0.6) is 5.75 Å². The van der Waals surface area contributed by atoms with Gasteiger partial charge in [0.2, 0.25) is 47.3 Å². The van der Waals surface area contributed by atoms with Gasteiger partial charge in [-0.25, -0.2) is 9.78 Å². The van der Waals surface area contributed by atoms with Crippen molar-refractivity contribution in [3.63, 3.8) is 0 Å². The van der Waals surface area contributed by atoms with E-state index in [1.807, 2.05) is 0 Å². The van der Waals surface area contributed by atoms with Crippen molar-refractivity contribution < 1.29 is 103 Å². The maximum Gasteiger partial charge on any atom is 0.329 e. The molecule has 2 aliphatic rings. The number of aromatic hydroxyl groups is 1. The SMILES string of the molecule is C/C=C(/NC(=O)C[C@H](O)CCCCCCCCCCC)C(=O)NC1C(=O)NC([C@H](C)O)C(=O)N[C@H](Cc2ccc(O)cc2)C(=O)N/C(=C/C)C(=O)N[C@H](CCC(N)=O)C(=O)NC(=O)CN(C)C([C@H](C)O[C@H]2O[C@H](CO)[C@@H](O)[C@H](O)[C@H]2O)C(=O)N[C@@H](Cc2ncc[nH]2)C(=O)O[C@@H]1C. The van der Waals surface area contributed by atoms with Gasteiger partial charge in [0.15, 0.2) is 6.29 Å². The fourth-order valence-corrected chi connectivity index (χ4v) is 10.6. The molecule has 534 valence electrons. The van der Waals surface area contributed by atoms with Gasteiger partial charge in [-0.3, -0.25) is 58.2 Å². The number of nitrogens with two attached hydrogens (primary N) is 1. The summed E-state index contributed by atoms with van der Waals surface area (Å²) in [5, 5.41) is 92.9. The number of carbonyl (C=O) groups excluding carboxylic acids is 11. The summed E-state index contributed by atoms with van der Waals surface area (Å²) in [6.45, 7) is 6.42. The first-order valence-electron chi connectivity index (χ1n) is 32.1. The lowest BCUT2D eigenvalue weighted by Gasteiger charge is -2.42. The lowest BCUT2D eigenvalue weighted by molar-refractivity contribution is -0.312. The number of phenolic OH excluding ortho intramolecular Hbond substituents is 1. The summed E-state index contributed by atoms with van der Waals surface area (Å²) in [5.41, 5.74) is 4.70. The second-order valence-electron chi connectivity index (χ2n) is 23.8. The van der Waals surface area contributed by atoms with Gasteiger partial charge < -0.3 is 97.9 Å². The molecule has 0 aliphatic carbocycles. The zero-order valence-electron chi connectivity index (χ0n) is 55.1. The van der Waals surface area contributed by atoms with E-state index in [1.54, 1.807) is 0 Å². The Kier molecular flexibility index (Phi) is 33.7. The number of H-pyrrole nitrogens is 1. The van der Waals surface area contributed by atoms with Gasteiger partial charge >= 0.3 is 5.97 Å². The van der Waals surface area contributed by atoms with Gasteiger partial charge in [-0.1, -0.05) is 89.0 Å². The van der Waals surface area contributed by atoms with Crippen LogP contribution >= 0.6 is 0 Å². The van der Waals surface area contributed by atoms with E-state index in [9.17, 15) is 88.5 Å². The van der Waals surface area contributed by atoms with Crippen molar-refractivity contribution in [1.29, 1.82) is 0 Å². The highest BCUT2D eigenvalue weighted by Gasteiger charge is 2.47. The molecule has 0 spiro atoms. The number of primary amides is 1. The maximum absolute atomic E-state index is 15.0. The van der Waals surface area contributed by atoms with Crippen LogP contribution in [-0.2, 0) is 79.8 Å². The number of ether oxygens (including phenoxy) is 3. The summed E-state index contributed by atoms with van der Waals surface area (Å²) in [6.07, 6.45) is -3.66. The van der Waals surface area contributed by atoms with Crippen molar-refractivity contribution >= 4 is 65.0 Å². The summed E-state index contributed by atoms with van der Waals surface area (Å²) in [5.74, 6) is -12.9. The minimum absolute atomic E-state index is 0.0410. The number of aliphatic hydroxyl groups is 6. The number of aromatic nitrogens is 2. The average molecular weight is 1360 g/mol. The topological polar surface area (TPSA) is 511 Å². The van der Waals surface area contributed by atoms with Gasteiger partial charge in [-0.15, -0.1) is 0 Å². The number of hydrogen-bond acceptors (Lipinski definition) is 23. The fourth-order valence-electron chi connectivity index (χ4n) is 10.6. The van der Waals surface area contributed by atoms with Crippen LogP contribution < -0.4 is 48.3 Å². The summed E-state index contributed by atoms with van der Waals surface area (Å²) < 4.78 is 17.4. The molecule has 33 heteroatoms. The van der Waals surface area contributed by atoms with E-state index in [-0.39, 0.29) is 18.0 Å². The smallest absolute Gasteiger partial charge is 0.329 e. The van der Waals surface area contributed by atoms with Gasteiger partial charge in [-0.2, -0.15) is 0 Å². The predicted molar refractivity (Wildman–Crippen MR) is 340 cm³/mol. The number of nitrogens with one attached hydrogen (secondary N) is 9. The first-order valence-corrected chi connectivity index (χ1v) is 32.1. The minimum atomic E-state index is -2.10. The number of esters is 1. The lowest BCUT2D eigenvalue weighted by atomic mass is 9.99. The molecule has 96 heavy (non-hydrogen) atoms. The first-order chi connectivity index (χ1) is 45.5. The van der Waals surface area contributed by atoms with Crippen molar-refractivity contribution in [3.8, 4) is 5.75 Å². The van der Waals surface area contributed by atoms with Crippen LogP contribution in [0.15, 0.2) is 60.2 Å². The Labute approximate surface area is 555 Å². The predicted octanol–water partition coefficient (Wildman–Crippen LogP) is -3.22. The molecule has 0 bridgehead atoms. The fraction of sp³-hybridized carbons (Fsp3) is 0.619. The van der Waals surface area contributed by atoms with Crippen LogP contribution in [0.1, 0.15) is 136 Å². The number of unbranched alkanes of at least 4 members (excludes halogenated alkanes) is 8. The number of imidazole rings is 1. The number of aromatic amines is 1. The molecule has 15 atom stereocenters. The van der Waals surface area contributed by atoms with E-state index in [0.29, 0.717) is 12.0 Å². The summed E-state index contributed by atoms with van der Waals surface area (Å²) >= 11 is 0. The molecule has 4 rings (SSSR count). The molecular weight excluding hydrogens is 1260 g/mol. The highest BCUT2D eigenvalue weighted by atomic mass is 16.7. The van der Waals surface area contributed by atoms with Gasteiger partial charge in [0.1, 0.15) is 89.7 Å². The lowest BCUT2D eigenvalue weighted by Crippen LogP contribution is -2.63. The van der Waals surface area contributed by atoms with E-state index in [1.165, 1.54) is 83.4 Å². The Morgan fingerprint density at radius 1 is 0.802 bits per heavy atom. The highest BCUT2D eigenvalue weighted by molar-refractivity contribution is 6.05. The summed E-state index contributed by atoms with van der Waals surface area (Å²) in [6, 6.07) is -5.98. The number of cyclic esters (lactones) is 1. The quantitative estimate of drug-likeness (QED) is 0.0181. The number of amides is 10. The number of allylic oxidation sites excluding steroid dienone is 2.